The Morgan fingerprint density at radius 2 is 1.82 bits per heavy atom. The number of carbonyl (C=O) groups excluding carboxylic acids is 1. The average molecular weight is 498 g/mol. The van der Waals surface area contributed by atoms with Gasteiger partial charge in [-0.05, 0) is 48.2 Å². The first-order valence-electron chi connectivity index (χ1n) is 9.18. The van der Waals surface area contributed by atoms with Crippen molar-refractivity contribution >= 4 is 41.5 Å². The smallest absolute Gasteiger partial charge is 0.224 e. The largest absolute Gasteiger partial charge is 0.356 e. The second-order valence-corrected chi connectivity index (χ2v) is 6.23. The highest BCUT2D eigenvalue weighted by molar-refractivity contribution is 14.0. The minimum atomic E-state index is -0.225. The fraction of sp³-hybridized carbons (Fsp3) is 0.333. The number of hydrogen-bond acceptors (Lipinski definition) is 2. The second kappa shape index (κ2) is 13.1. The molecule has 0 aliphatic rings. The standard InChI is InChI=1S/C21H27FN4O.HI/c1-3-5-20(27)26-19-7-4-6-17(14-19)15-25-21(23-2)24-13-12-16-8-10-18(22)11-9-16;/h4,6-11,14H,3,5,12-13,15H2,1-2H3,(H,26,27)(H2,23,24,25);1H. The second-order valence-electron chi connectivity index (χ2n) is 6.23. The summed E-state index contributed by atoms with van der Waals surface area (Å²) < 4.78 is 12.9. The number of guanidine groups is 1. The molecule has 0 aliphatic carbocycles. The van der Waals surface area contributed by atoms with Gasteiger partial charge in [0.05, 0.1) is 0 Å². The molecule has 0 radical (unpaired) electrons. The summed E-state index contributed by atoms with van der Waals surface area (Å²) in [5.41, 5.74) is 2.91. The van der Waals surface area contributed by atoms with Gasteiger partial charge in [0.1, 0.15) is 5.82 Å². The highest BCUT2D eigenvalue weighted by atomic mass is 127. The van der Waals surface area contributed by atoms with Crippen molar-refractivity contribution in [3.05, 3.63) is 65.5 Å². The number of anilines is 1. The normalized spacial score (nSPS) is 10.8. The molecule has 0 unspecified atom stereocenters. The van der Waals surface area contributed by atoms with Crippen LogP contribution in [0.1, 0.15) is 30.9 Å². The molecule has 0 fully saturated rings. The van der Waals surface area contributed by atoms with E-state index in [1.165, 1.54) is 12.1 Å². The molecular weight excluding hydrogens is 470 g/mol. The highest BCUT2D eigenvalue weighted by Crippen LogP contribution is 2.11. The van der Waals surface area contributed by atoms with Crippen LogP contribution in [0.3, 0.4) is 0 Å². The van der Waals surface area contributed by atoms with E-state index in [9.17, 15) is 9.18 Å². The molecule has 28 heavy (non-hydrogen) atoms. The van der Waals surface area contributed by atoms with Gasteiger partial charge in [-0.25, -0.2) is 4.39 Å². The minimum absolute atomic E-state index is 0. The number of aliphatic imine (C=N–C) groups is 1. The van der Waals surface area contributed by atoms with Crippen LogP contribution in [0, 0.1) is 5.82 Å². The number of rotatable bonds is 8. The van der Waals surface area contributed by atoms with Crippen molar-refractivity contribution in [2.75, 3.05) is 18.9 Å². The van der Waals surface area contributed by atoms with E-state index >= 15 is 0 Å². The SMILES string of the molecule is CCCC(=O)Nc1cccc(CNC(=NC)NCCc2ccc(F)cc2)c1.I. The molecule has 7 heteroatoms. The molecule has 0 heterocycles. The maximum Gasteiger partial charge on any atom is 0.224 e. The molecule has 0 atom stereocenters. The predicted molar refractivity (Wildman–Crippen MR) is 124 cm³/mol. The summed E-state index contributed by atoms with van der Waals surface area (Å²) in [5, 5.41) is 9.40. The summed E-state index contributed by atoms with van der Waals surface area (Å²) in [7, 11) is 1.72. The van der Waals surface area contributed by atoms with Crippen molar-refractivity contribution in [1.82, 2.24) is 10.6 Å². The molecule has 3 N–H and O–H groups in total. The van der Waals surface area contributed by atoms with Gasteiger partial charge in [-0.3, -0.25) is 9.79 Å². The van der Waals surface area contributed by atoms with Crippen LogP contribution in [0.25, 0.3) is 0 Å². The zero-order valence-electron chi connectivity index (χ0n) is 16.3. The Balaban J connectivity index is 0.00000392. The highest BCUT2D eigenvalue weighted by Gasteiger charge is 2.03. The molecular formula is C21H28FIN4O. The molecule has 0 spiro atoms. The van der Waals surface area contributed by atoms with Gasteiger partial charge in [-0.15, -0.1) is 24.0 Å². The van der Waals surface area contributed by atoms with Crippen molar-refractivity contribution < 1.29 is 9.18 Å². The number of amides is 1. The van der Waals surface area contributed by atoms with Crippen molar-refractivity contribution in [3.63, 3.8) is 0 Å². The third-order valence-corrected chi connectivity index (χ3v) is 3.99. The van der Waals surface area contributed by atoms with Gasteiger partial charge in [0.2, 0.25) is 5.91 Å². The van der Waals surface area contributed by atoms with E-state index in [2.05, 4.69) is 20.9 Å². The Bertz CT molecular complexity index is 765. The van der Waals surface area contributed by atoms with Gasteiger partial charge in [0, 0.05) is 32.2 Å². The van der Waals surface area contributed by atoms with Crippen LogP contribution < -0.4 is 16.0 Å². The summed E-state index contributed by atoms with van der Waals surface area (Å²) in [4.78, 5) is 15.9. The number of carbonyl (C=O) groups is 1. The number of nitrogens with zero attached hydrogens (tertiary/aromatic N) is 1. The molecule has 0 saturated carbocycles. The first-order chi connectivity index (χ1) is 13.1. The van der Waals surface area contributed by atoms with Crippen molar-refractivity contribution in [2.45, 2.75) is 32.7 Å². The molecule has 152 valence electrons. The topological polar surface area (TPSA) is 65.5 Å². The molecule has 0 aromatic heterocycles. The van der Waals surface area contributed by atoms with Gasteiger partial charge in [0.15, 0.2) is 5.96 Å². The Morgan fingerprint density at radius 1 is 1.07 bits per heavy atom. The zero-order valence-corrected chi connectivity index (χ0v) is 18.6. The Hall–Kier alpha value is -2.16. The summed E-state index contributed by atoms with van der Waals surface area (Å²) in [6.07, 6.45) is 2.13. The number of halogens is 2. The zero-order chi connectivity index (χ0) is 19.5. The van der Waals surface area contributed by atoms with E-state index < -0.39 is 0 Å². The molecule has 5 nitrogen and oxygen atoms in total. The maximum absolute atomic E-state index is 12.9. The first-order valence-corrected chi connectivity index (χ1v) is 9.18. The number of nitrogens with one attached hydrogen (secondary N) is 3. The van der Waals surface area contributed by atoms with Crippen LogP contribution in [0.15, 0.2) is 53.5 Å². The van der Waals surface area contributed by atoms with Crippen LogP contribution in [-0.2, 0) is 17.8 Å². The van der Waals surface area contributed by atoms with E-state index in [0.717, 1.165) is 29.7 Å². The van der Waals surface area contributed by atoms with Gasteiger partial charge >= 0.3 is 0 Å². The Morgan fingerprint density at radius 3 is 2.50 bits per heavy atom. The van der Waals surface area contributed by atoms with Crippen molar-refractivity contribution in [1.29, 1.82) is 0 Å². The molecule has 0 bridgehead atoms. The van der Waals surface area contributed by atoms with E-state index in [-0.39, 0.29) is 35.7 Å². The molecule has 0 saturated heterocycles. The van der Waals surface area contributed by atoms with Gasteiger partial charge in [-0.1, -0.05) is 31.2 Å². The van der Waals surface area contributed by atoms with E-state index in [4.69, 9.17) is 0 Å². The van der Waals surface area contributed by atoms with Crippen LogP contribution >= 0.6 is 24.0 Å². The fourth-order valence-corrected chi connectivity index (χ4v) is 2.59. The van der Waals surface area contributed by atoms with E-state index in [1.54, 1.807) is 19.2 Å². The average Bonchev–Trinajstić information content (AvgIpc) is 2.66. The molecule has 1 amide bonds. The van der Waals surface area contributed by atoms with Crippen LogP contribution in [0.4, 0.5) is 10.1 Å². The number of hydrogen-bond donors (Lipinski definition) is 3. The van der Waals surface area contributed by atoms with E-state index in [1.807, 2.05) is 31.2 Å². The quantitative estimate of drug-likeness (QED) is 0.292. The minimum Gasteiger partial charge on any atom is -0.356 e. The van der Waals surface area contributed by atoms with Crippen LogP contribution in [0.5, 0.6) is 0 Å². The third-order valence-electron chi connectivity index (χ3n) is 3.99. The Labute approximate surface area is 183 Å². The molecule has 0 aliphatic heterocycles. The summed E-state index contributed by atoms with van der Waals surface area (Å²) in [5.74, 6) is 0.496. The fourth-order valence-electron chi connectivity index (χ4n) is 2.59. The van der Waals surface area contributed by atoms with Crippen molar-refractivity contribution in [2.24, 2.45) is 4.99 Å². The lowest BCUT2D eigenvalue weighted by atomic mass is 10.1. The first kappa shape index (κ1) is 23.9. The van der Waals surface area contributed by atoms with Crippen LogP contribution in [-0.4, -0.2) is 25.5 Å². The Kier molecular flexibility index (Phi) is 11.2. The number of benzene rings is 2. The predicted octanol–water partition coefficient (Wildman–Crippen LogP) is 4.09. The molecule has 2 rings (SSSR count). The van der Waals surface area contributed by atoms with Gasteiger partial charge in [-0.2, -0.15) is 0 Å². The third kappa shape index (κ3) is 8.69. The summed E-state index contributed by atoms with van der Waals surface area (Å²) in [6, 6.07) is 14.2. The van der Waals surface area contributed by atoms with E-state index in [0.29, 0.717) is 25.5 Å². The van der Waals surface area contributed by atoms with Crippen molar-refractivity contribution in [3.8, 4) is 0 Å². The molecule has 2 aromatic carbocycles. The van der Waals surface area contributed by atoms with Gasteiger partial charge in [0.25, 0.3) is 0 Å². The summed E-state index contributed by atoms with van der Waals surface area (Å²) >= 11 is 0. The van der Waals surface area contributed by atoms with Gasteiger partial charge < -0.3 is 16.0 Å². The summed E-state index contributed by atoms with van der Waals surface area (Å²) in [6.45, 7) is 3.26. The lowest BCUT2D eigenvalue weighted by molar-refractivity contribution is -0.116. The molecule has 2 aromatic rings. The lowest BCUT2D eigenvalue weighted by Crippen LogP contribution is -2.37. The monoisotopic (exact) mass is 498 g/mol. The maximum atomic E-state index is 12.9. The van der Waals surface area contributed by atoms with Crippen LogP contribution in [0.2, 0.25) is 0 Å². The lowest BCUT2D eigenvalue weighted by Gasteiger charge is -2.13.